The van der Waals surface area contributed by atoms with E-state index in [-0.39, 0.29) is 17.6 Å². The van der Waals surface area contributed by atoms with Gasteiger partial charge >= 0.3 is 0 Å². The Morgan fingerprint density at radius 1 is 0.857 bits per heavy atom. The third-order valence-corrected chi connectivity index (χ3v) is 6.02. The summed E-state index contributed by atoms with van der Waals surface area (Å²) in [6.07, 6.45) is 3.83. The SMILES string of the molecule is O=C(Nc1sc2c(c1C(=O)Nc1ccccc1O)CCCC2)c1ccccc1. The summed E-state index contributed by atoms with van der Waals surface area (Å²) < 4.78 is 0. The van der Waals surface area contributed by atoms with Crippen molar-refractivity contribution in [3.63, 3.8) is 0 Å². The van der Waals surface area contributed by atoms with Gasteiger partial charge in [-0.2, -0.15) is 0 Å². The van der Waals surface area contributed by atoms with E-state index < -0.39 is 0 Å². The van der Waals surface area contributed by atoms with Gasteiger partial charge in [-0.05, 0) is 55.5 Å². The molecule has 0 saturated carbocycles. The summed E-state index contributed by atoms with van der Waals surface area (Å²) in [5, 5.41) is 16.2. The van der Waals surface area contributed by atoms with Gasteiger partial charge in [-0.15, -0.1) is 11.3 Å². The van der Waals surface area contributed by atoms with Gasteiger partial charge < -0.3 is 15.7 Å². The van der Waals surface area contributed by atoms with Crippen LogP contribution < -0.4 is 10.6 Å². The molecule has 6 heteroatoms. The molecular formula is C22H20N2O3S. The Labute approximate surface area is 167 Å². The van der Waals surface area contributed by atoms with Gasteiger partial charge in [-0.3, -0.25) is 9.59 Å². The molecule has 0 fully saturated rings. The molecule has 1 aliphatic rings. The van der Waals surface area contributed by atoms with Crippen molar-refractivity contribution >= 4 is 33.8 Å². The largest absolute Gasteiger partial charge is 0.506 e. The molecule has 1 aromatic heterocycles. The fourth-order valence-electron chi connectivity index (χ4n) is 3.42. The molecular weight excluding hydrogens is 372 g/mol. The van der Waals surface area contributed by atoms with E-state index in [2.05, 4.69) is 10.6 Å². The molecule has 0 atom stereocenters. The lowest BCUT2D eigenvalue weighted by Gasteiger charge is -2.14. The predicted molar refractivity (Wildman–Crippen MR) is 111 cm³/mol. The normalized spacial score (nSPS) is 12.9. The highest BCUT2D eigenvalue weighted by Gasteiger charge is 2.27. The number of aryl methyl sites for hydroxylation is 1. The second-order valence-electron chi connectivity index (χ2n) is 6.71. The van der Waals surface area contributed by atoms with Gasteiger partial charge in [-0.1, -0.05) is 30.3 Å². The maximum Gasteiger partial charge on any atom is 0.259 e. The number of carbonyl (C=O) groups is 2. The van der Waals surface area contributed by atoms with Crippen LogP contribution in [0.25, 0.3) is 0 Å². The number of hydrogen-bond donors (Lipinski definition) is 3. The Morgan fingerprint density at radius 3 is 2.36 bits per heavy atom. The molecule has 4 rings (SSSR count). The van der Waals surface area contributed by atoms with E-state index >= 15 is 0 Å². The summed E-state index contributed by atoms with van der Waals surface area (Å²) in [7, 11) is 0. The number of anilines is 2. The lowest BCUT2D eigenvalue weighted by molar-refractivity contribution is 0.102. The number of amides is 2. The van der Waals surface area contributed by atoms with Crippen molar-refractivity contribution in [2.24, 2.45) is 0 Å². The van der Waals surface area contributed by atoms with Gasteiger partial charge in [0.05, 0.1) is 11.3 Å². The van der Waals surface area contributed by atoms with Crippen LogP contribution in [-0.4, -0.2) is 16.9 Å². The minimum atomic E-state index is -0.315. The number of phenolic OH excluding ortho intramolecular Hbond substituents is 1. The first-order chi connectivity index (χ1) is 13.6. The number of benzene rings is 2. The number of hydrogen-bond acceptors (Lipinski definition) is 4. The van der Waals surface area contributed by atoms with Gasteiger partial charge in [0.2, 0.25) is 0 Å². The molecule has 142 valence electrons. The topological polar surface area (TPSA) is 78.4 Å². The lowest BCUT2D eigenvalue weighted by atomic mass is 9.95. The molecule has 0 bridgehead atoms. The fourth-order valence-corrected chi connectivity index (χ4v) is 4.70. The molecule has 0 saturated heterocycles. The number of aromatic hydroxyl groups is 1. The van der Waals surface area contributed by atoms with E-state index in [1.54, 1.807) is 42.5 Å². The molecule has 2 amide bonds. The van der Waals surface area contributed by atoms with Gasteiger partial charge in [0.1, 0.15) is 10.8 Å². The molecule has 1 heterocycles. The highest BCUT2D eigenvalue weighted by Crippen LogP contribution is 2.39. The maximum absolute atomic E-state index is 13.1. The first-order valence-corrected chi connectivity index (χ1v) is 10.1. The quantitative estimate of drug-likeness (QED) is 0.556. The Kier molecular flexibility index (Phi) is 5.12. The van der Waals surface area contributed by atoms with Crippen LogP contribution in [0, 0.1) is 0 Å². The second kappa shape index (κ2) is 7.86. The number of para-hydroxylation sites is 2. The van der Waals surface area contributed by atoms with Gasteiger partial charge in [0, 0.05) is 10.4 Å². The van der Waals surface area contributed by atoms with E-state index in [4.69, 9.17) is 0 Å². The molecule has 3 aromatic rings. The van der Waals surface area contributed by atoms with Crippen LogP contribution in [0.4, 0.5) is 10.7 Å². The van der Waals surface area contributed by atoms with E-state index in [1.165, 1.54) is 17.4 Å². The summed E-state index contributed by atoms with van der Waals surface area (Å²) in [6.45, 7) is 0. The van der Waals surface area contributed by atoms with E-state index in [0.717, 1.165) is 36.1 Å². The summed E-state index contributed by atoms with van der Waals surface area (Å²) in [4.78, 5) is 26.9. The minimum Gasteiger partial charge on any atom is -0.506 e. The number of thiophene rings is 1. The summed E-state index contributed by atoms with van der Waals surface area (Å²) in [6, 6.07) is 15.6. The van der Waals surface area contributed by atoms with Crippen LogP contribution in [0.5, 0.6) is 5.75 Å². The van der Waals surface area contributed by atoms with Crippen molar-refractivity contribution < 1.29 is 14.7 Å². The number of nitrogens with one attached hydrogen (secondary N) is 2. The lowest BCUT2D eigenvalue weighted by Crippen LogP contribution is -2.18. The van der Waals surface area contributed by atoms with Gasteiger partial charge in [0.25, 0.3) is 11.8 Å². The second-order valence-corrected chi connectivity index (χ2v) is 7.81. The molecule has 28 heavy (non-hydrogen) atoms. The molecule has 5 nitrogen and oxygen atoms in total. The molecule has 3 N–H and O–H groups in total. The molecule has 1 aliphatic carbocycles. The summed E-state index contributed by atoms with van der Waals surface area (Å²) in [5.74, 6) is -0.546. The van der Waals surface area contributed by atoms with Crippen LogP contribution in [0.15, 0.2) is 54.6 Å². The zero-order chi connectivity index (χ0) is 19.5. The number of phenols is 1. The fraction of sp³-hybridized carbons (Fsp3) is 0.182. The Bertz CT molecular complexity index is 1030. The average Bonchev–Trinajstić information content (AvgIpc) is 3.08. The molecule has 0 unspecified atom stereocenters. The smallest absolute Gasteiger partial charge is 0.259 e. The monoisotopic (exact) mass is 392 g/mol. The van der Waals surface area contributed by atoms with Gasteiger partial charge in [-0.25, -0.2) is 0 Å². The van der Waals surface area contributed by atoms with E-state index in [9.17, 15) is 14.7 Å². The van der Waals surface area contributed by atoms with E-state index in [0.29, 0.717) is 21.8 Å². The Balaban J connectivity index is 1.67. The van der Waals surface area contributed by atoms with Crippen LogP contribution in [0.2, 0.25) is 0 Å². The van der Waals surface area contributed by atoms with E-state index in [1.807, 2.05) is 6.07 Å². The van der Waals surface area contributed by atoms with Crippen molar-refractivity contribution in [1.29, 1.82) is 0 Å². The highest BCUT2D eigenvalue weighted by atomic mass is 32.1. The number of rotatable bonds is 4. The summed E-state index contributed by atoms with van der Waals surface area (Å²) >= 11 is 1.47. The zero-order valence-corrected chi connectivity index (χ0v) is 16.0. The number of carbonyl (C=O) groups excluding carboxylic acids is 2. The number of fused-ring (bicyclic) bond motifs is 1. The van der Waals surface area contributed by atoms with Crippen LogP contribution >= 0.6 is 11.3 Å². The molecule has 0 spiro atoms. The maximum atomic E-state index is 13.1. The molecule has 0 radical (unpaired) electrons. The van der Waals surface area contributed by atoms with Crippen LogP contribution in [-0.2, 0) is 12.8 Å². The van der Waals surface area contributed by atoms with Crippen molar-refractivity contribution in [3.8, 4) is 5.75 Å². The Morgan fingerprint density at radius 2 is 1.57 bits per heavy atom. The Hall–Kier alpha value is -3.12. The zero-order valence-electron chi connectivity index (χ0n) is 15.2. The standard InChI is InChI=1S/C22H20N2O3S/c25-17-12-6-5-11-16(17)23-21(27)19-15-10-4-7-13-18(15)28-22(19)24-20(26)14-8-2-1-3-9-14/h1-3,5-6,8-9,11-12,25H,4,7,10,13H2,(H,23,27)(H,24,26). The molecule has 0 aliphatic heterocycles. The first kappa shape index (κ1) is 18.3. The van der Waals surface area contributed by atoms with Crippen molar-refractivity contribution in [2.45, 2.75) is 25.7 Å². The third-order valence-electron chi connectivity index (χ3n) is 4.81. The predicted octanol–water partition coefficient (Wildman–Crippen LogP) is 4.84. The first-order valence-electron chi connectivity index (χ1n) is 9.24. The van der Waals surface area contributed by atoms with Gasteiger partial charge in [0.15, 0.2) is 0 Å². The van der Waals surface area contributed by atoms with Crippen molar-refractivity contribution in [2.75, 3.05) is 10.6 Å². The average molecular weight is 392 g/mol. The van der Waals surface area contributed by atoms with Crippen molar-refractivity contribution in [3.05, 3.63) is 76.2 Å². The highest BCUT2D eigenvalue weighted by molar-refractivity contribution is 7.17. The van der Waals surface area contributed by atoms with Crippen LogP contribution in [0.3, 0.4) is 0 Å². The van der Waals surface area contributed by atoms with Crippen molar-refractivity contribution in [1.82, 2.24) is 0 Å². The molecule has 2 aromatic carbocycles. The third kappa shape index (κ3) is 3.64. The summed E-state index contributed by atoms with van der Waals surface area (Å²) in [5.41, 5.74) is 2.41. The minimum absolute atomic E-state index is 0.00909. The van der Waals surface area contributed by atoms with Crippen LogP contribution in [0.1, 0.15) is 44.0 Å².